The van der Waals surface area contributed by atoms with E-state index < -0.39 is 134 Å². The van der Waals surface area contributed by atoms with Crippen LogP contribution in [0.3, 0.4) is 0 Å². The summed E-state index contributed by atoms with van der Waals surface area (Å²) in [6.07, 6.45) is -18.0. The van der Waals surface area contributed by atoms with E-state index in [9.17, 15) is 49.8 Å². The summed E-state index contributed by atoms with van der Waals surface area (Å²) in [7, 11) is 0. The molecule has 0 aromatic carbocycles. The van der Waals surface area contributed by atoms with Crippen LogP contribution in [0.5, 0.6) is 0 Å². The maximum absolute atomic E-state index is 12.8. The average Bonchev–Trinajstić information content (AvgIpc) is 3.09. The van der Waals surface area contributed by atoms with E-state index in [-0.39, 0.29) is 51.6 Å². The lowest BCUT2D eigenvalue weighted by molar-refractivity contribution is -0.284. The number of aliphatic hydroxyl groups excluding tert-OH is 6. The molecule has 0 spiro atoms. The molecule has 0 bridgehead atoms. The molecule has 22 nitrogen and oxygen atoms in total. The number of hydrogen-bond donors (Lipinski definition) is 12. The Hall–Kier alpha value is -3.00. The summed E-state index contributed by atoms with van der Waals surface area (Å²) in [4.78, 5) is 48.5. The molecule has 6 aliphatic rings. The van der Waals surface area contributed by atoms with Crippen molar-refractivity contribution in [3.05, 3.63) is 0 Å². The first-order valence-electron chi connectivity index (χ1n) is 17.4. The zero-order chi connectivity index (χ0) is 37.4. The van der Waals surface area contributed by atoms with Crippen molar-refractivity contribution < 1.29 is 78.2 Å². The first-order chi connectivity index (χ1) is 24.7. The van der Waals surface area contributed by atoms with E-state index in [2.05, 4.69) is 21.3 Å². The molecule has 2 saturated carbocycles. The number of nitrogens with one attached hydrogen (secondary N) is 4. The summed E-state index contributed by atoms with van der Waals surface area (Å²) in [6.45, 7) is 0.149. The third-order valence-corrected chi connectivity index (χ3v) is 10.4. The standard InChI is InChI=1S/C30H48N6O16/c31-9-3-11(21(41)23(43)25(9)49-19-5-13(37)27-15(47-19)7-33-29(45)51-27)35-17(39)1-2-18(40)36-12-4-10(32)26(24(44)22(12)42)50-20-6-14(38)28-16(48-20)8-34-30(46)52-28/h9-16,19-28,37-38,41-44H,1-8,31-32H2,(H,33,45)(H,34,46)(H,35,39)(H,36,40)/t9-,10-,11+,12+,13+,14+,15+,16+,19+,20+,21-,22-,23+,24+,25+,26+,27-,28-/m0/s1. The molecule has 294 valence electrons. The number of carbonyl (C=O) groups excluding carboxylic acids is 4. The van der Waals surface area contributed by atoms with E-state index in [1.165, 1.54) is 0 Å². The lowest BCUT2D eigenvalue weighted by Crippen LogP contribution is -2.65. The van der Waals surface area contributed by atoms with Crippen LogP contribution in [0.1, 0.15) is 38.5 Å². The molecular weight excluding hydrogens is 700 g/mol. The van der Waals surface area contributed by atoms with Crippen molar-refractivity contribution >= 4 is 24.0 Å². The Bertz CT molecular complexity index is 1220. The van der Waals surface area contributed by atoms with Gasteiger partial charge in [-0.15, -0.1) is 0 Å². The minimum Gasteiger partial charge on any atom is -0.441 e. The van der Waals surface area contributed by atoms with Crippen molar-refractivity contribution in [3.63, 3.8) is 0 Å². The molecule has 22 heteroatoms. The second-order valence-corrected chi connectivity index (χ2v) is 14.1. The van der Waals surface area contributed by atoms with E-state index >= 15 is 0 Å². The van der Waals surface area contributed by atoms with Gasteiger partial charge >= 0.3 is 12.2 Å². The zero-order valence-electron chi connectivity index (χ0n) is 28.0. The molecule has 6 rings (SSSR count). The highest BCUT2D eigenvalue weighted by molar-refractivity contribution is 5.84. The highest BCUT2D eigenvalue weighted by Gasteiger charge is 2.50. The van der Waals surface area contributed by atoms with Gasteiger partial charge in [-0.25, -0.2) is 9.59 Å². The van der Waals surface area contributed by atoms with Crippen LogP contribution in [-0.2, 0) is 38.0 Å². The normalized spacial score (nSPS) is 46.2. The quantitative estimate of drug-likeness (QED) is 0.104. The number of carbonyl (C=O) groups is 4. The average molecular weight is 749 g/mol. The monoisotopic (exact) mass is 748 g/mol. The van der Waals surface area contributed by atoms with Crippen LogP contribution in [0.15, 0.2) is 0 Å². The predicted molar refractivity (Wildman–Crippen MR) is 167 cm³/mol. The Morgan fingerprint density at radius 2 is 1.04 bits per heavy atom. The summed E-state index contributed by atoms with van der Waals surface area (Å²) in [5.74, 6) is -1.26. The van der Waals surface area contributed by atoms with Crippen LogP contribution in [-0.4, -0.2) is 178 Å². The number of rotatable bonds is 9. The van der Waals surface area contributed by atoms with E-state index in [0.717, 1.165) is 0 Å². The molecule has 0 aromatic heterocycles. The number of nitrogens with two attached hydrogens (primary N) is 2. The molecule has 0 unspecified atom stereocenters. The molecule has 4 heterocycles. The topological polar surface area (TPSA) is 345 Å². The lowest BCUT2D eigenvalue weighted by atomic mass is 9.83. The fraction of sp³-hybridized carbons (Fsp3) is 0.867. The van der Waals surface area contributed by atoms with Gasteiger partial charge in [0.1, 0.15) is 48.8 Å². The van der Waals surface area contributed by atoms with E-state index in [0.29, 0.717) is 0 Å². The molecule has 2 aliphatic carbocycles. The highest BCUT2D eigenvalue weighted by atomic mass is 16.7. The first kappa shape index (κ1) is 38.7. The Labute approximate surface area is 296 Å². The van der Waals surface area contributed by atoms with Gasteiger partial charge in [-0.3, -0.25) is 9.59 Å². The first-order valence-corrected chi connectivity index (χ1v) is 17.4. The van der Waals surface area contributed by atoms with Crippen molar-refractivity contribution in [2.45, 2.75) is 149 Å². The summed E-state index contributed by atoms with van der Waals surface area (Å²) in [5, 5.41) is 74.2. The number of fused-ring (bicyclic) bond motifs is 2. The number of alkyl carbamates (subject to hydrolysis) is 2. The predicted octanol–water partition coefficient (Wildman–Crippen LogP) is -6.42. The van der Waals surface area contributed by atoms with Crippen LogP contribution in [0.2, 0.25) is 0 Å². The van der Waals surface area contributed by atoms with Gasteiger partial charge in [0.25, 0.3) is 0 Å². The van der Waals surface area contributed by atoms with Gasteiger partial charge < -0.3 is 91.8 Å². The fourth-order valence-corrected chi connectivity index (χ4v) is 7.62. The van der Waals surface area contributed by atoms with Gasteiger partial charge in [0.2, 0.25) is 11.8 Å². The maximum Gasteiger partial charge on any atom is 0.407 e. The van der Waals surface area contributed by atoms with Crippen molar-refractivity contribution in [2.75, 3.05) is 13.1 Å². The Kier molecular flexibility index (Phi) is 12.0. The molecule has 6 fully saturated rings. The van der Waals surface area contributed by atoms with Gasteiger partial charge in [0.05, 0.1) is 37.4 Å². The Balaban J connectivity index is 0.923. The van der Waals surface area contributed by atoms with Gasteiger partial charge in [0, 0.05) is 37.8 Å². The minimum absolute atomic E-state index is 0.00889. The molecule has 52 heavy (non-hydrogen) atoms. The van der Waals surface area contributed by atoms with Crippen LogP contribution in [0.4, 0.5) is 9.59 Å². The summed E-state index contributed by atoms with van der Waals surface area (Å²) < 4.78 is 33.3. The van der Waals surface area contributed by atoms with Crippen LogP contribution in [0, 0.1) is 0 Å². The number of ether oxygens (including phenoxy) is 6. The summed E-state index contributed by atoms with van der Waals surface area (Å²) in [6, 6.07) is -3.72. The summed E-state index contributed by atoms with van der Waals surface area (Å²) >= 11 is 0. The fourth-order valence-electron chi connectivity index (χ4n) is 7.62. The van der Waals surface area contributed by atoms with Crippen molar-refractivity contribution in [3.8, 4) is 0 Å². The maximum atomic E-state index is 12.8. The third-order valence-electron chi connectivity index (χ3n) is 10.4. The largest absolute Gasteiger partial charge is 0.441 e. The number of amides is 4. The van der Waals surface area contributed by atoms with Crippen LogP contribution >= 0.6 is 0 Å². The third kappa shape index (κ3) is 8.53. The number of hydrogen-bond acceptors (Lipinski definition) is 18. The van der Waals surface area contributed by atoms with E-state index in [4.69, 9.17) is 39.9 Å². The molecule has 4 saturated heterocycles. The molecular formula is C30H48N6O16. The smallest absolute Gasteiger partial charge is 0.407 e. The molecule has 0 aromatic rings. The Morgan fingerprint density at radius 3 is 1.42 bits per heavy atom. The molecule has 4 amide bonds. The van der Waals surface area contributed by atoms with Gasteiger partial charge in [-0.1, -0.05) is 0 Å². The van der Waals surface area contributed by atoms with Crippen molar-refractivity contribution in [2.24, 2.45) is 11.5 Å². The highest BCUT2D eigenvalue weighted by Crippen LogP contribution is 2.32. The van der Waals surface area contributed by atoms with E-state index in [1.807, 2.05) is 0 Å². The van der Waals surface area contributed by atoms with Gasteiger partial charge in [-0.2, -0.15) is 0 Å². The zero-order valence-corrected chi connectivity index (χ0v) is 28.0. The molecule has 0 radical (unpaired) electrons. The van der Waals surface area contributed by atoms with Crippen molar-refractivity contribution in [1.29, 1.82) is 0 Å². The Morgan fingerprint density at radius 1 is 0.654 bits per heavy atom. The molecule has 4 aliphatic heterocycles. The SMILES string of the molecule is N[C@H]1C[C@@H](NC(=O)CCC(=O)N[C@@H]2C[C@H](N)[C@@H](O[C@@H]3C[C@@H](O)[C@@H]4OC(=O)NC[C@H]4O3)[C@H](O)[C@H]2O)[C@H](O)[C@@H](O)[C@@H]1O[C@@H]1C[C@@H](O)[C@@H]2OC(=O)NC[C@H]2O1. The van der Waals surface area contributed by atoms with Gasteiger partial charge in [-0.05, 0) is 12.8 Å². The van der Waals surface area contributed by atoms with Crippen LogP contribution in [0.25, 0.3) is 0 Å². The molecule has 18 atom stereocenters. The minimum atomic E-state index is -1.55. The lowest BCUT2D eigenvalue weighted by Gasteiger charge is -2.46. The van der Waals surface area contributed by atoms with Crippen LogP contribution < -0.4 is 32.7 Å². The number of aliphatic hydroxyl groups is 6. The summed E-state index contributed by atoms with van der Waals surface area (Å²) in [5.41, 5.74) is 12.5. The van der Waals surface area contributed by atoms with Crippen molar-refractivity contribution in [1.82, 2.24) is 21.3 Å². The van der Waals surface area contributed by atoms with Gasteiger partial charge in [0.15, 0.2) is 24.8 Å². The molecule has 14 N–H and O–H groups in total. The second kappa shape index (κ2) is 16.2. The van der Waals surface area contributed by atoms with E-state index in [1.54, 1.807) is 0 Å². The second-order valence-electron chi connectivity index (χ2n) is 14.1.